The first kappa shape index (κ1) is 21.5. The zero-order valence-corrected chi connectivity index (χ0v) is 18.1. The number of aromatic nitrogens is 1. The van der Waals surface area contributed by atoms with Crippen molar-refractivity contribution < 1.29 is 9.59 Å². The van der Waals surface area contributed by atoms with Crippen LogP contribution in [0.25, 0.3) is 0 Å². The van der Waals surface area contributed by atoms with E-state index in [0.717, 1.165) is 63.9 Å². The predicted octanol–water partition coefficient (Wildman–Crippen LogP) is 3.99. The van der Waals surface area contributed by atoms with Gasteiger partial charge in [0.15, 0.2) is 0 Å². The van der Waals surface area contributed by atoms with Gasteiger partial charge in [-0.1, -0.05) is 31.4 Å². The number of rotatable bonds is 6. The lowest BCUT2D eigenvalue weighted by Gasteiger charge is -2.32. The Labute approximate surface area is 184 Å². The van der Waals surface area contributed by atoms with Crippen LogP contribution in [-0.2, 0) is 11.3 Å². The second kappa shape index (κ2) is 10.5. The average molecular weight is 421 g/mol. The number of hydrogen-bond acceptors (Lipinski definition) is 4. The number of hydrogen-bond donors (Lipinski definition) is 2. The molecule has 2 aromatic rings. The molecule has 2 N–H and O–H groups in total. The van der Waals surface area contributed by atoms with Gasteiger partial charge in [0.05, 0.1) is 5.69 Å². The van der Waals surface area contributed by atoms with Crippen molar-refractivity contribution in [2.24, 2.45) is 5.92 Å². The zero-order chi connectivity index (χ0) is 21.5. The maximum atomic E-state index is 12.8. The normalized spacial score (nSPS) is 18.5. The number of anilines is 1. The van der Waals surface area contributed by atoms with E-state index in [-0.39, 0.29) is 23.8 Å². The highest BCUT2D eigenvalue weighted by atomic mass is 16.2. The van der Waals surface area contributed by atoms with Gasteiger partial charge in [0, 0.05) is 49.0 Å². The molecule has 1 saturated carbocycles. The summed E-state index contributed by atoms with van der Waals surface area (Å²) in [5, 5.41) is 6.18. The van der Waals surface area contributed by atoms with E-state index >= 15 is 0 Å². The van der Waals surface area contributed by atoms with Crippen LogP contribution in [0.2, 0.25) is 0 Å². The number of nitrogens with one attached hydrogen (secondary N) is 2. The number of carbonyl (C=O) groups excluding carboxylic acids is 2. The highest BCUT2D eigenvalue weighted by Gasteiger charge is 2.23. The Morgan fingerprint density at radius 1 is 0.968 bits per heavy atom. The van der Waals surface area contributed by atoms with Crippen molar-refractivity contribution in [3.05, 3.63) is 59.9 Å². The third-order valence-corrected chi connectivity index (χ3v) is 6.40. The molecule has 31 heavy (non-hydrogen) atoms. The van der Waals surface area contributed by atoms with Crippen LogP contribution in [0.15, 0.2) is 48.7 Å². The Balaban J connectivity index is 1.26. The highest BCUT2D eigenvalue weighted by molar-refractivity contribution is 5.97. The van der Waals surface area contributed by atoms with Gasteiger partial charge in [-0.15, -0.1) is 0 Å². The number of pyridine rings is 1. The summed E-state index contributed by atoms with van der Waals surface area (Å²) in [5.41, 5.74) is 2.38. The lowest BCUT2D eigenvalue weighted by molar-refractivity contribution is -0.120. The Morgan fingerprint density at radius 3 is 2.52 bits per heavy atom. The molecule has 1 aromatic heterocycles. The van der Waals surface area contributed by atoms with Gasteiger partial charge in [-0.3, -0.25) is 19.5 Å². The van der Waals surface area contributed by atoms with Gasteiger partial charge in [-0.05, 0) is 56.0 Å². The van der Waals surface area contributed by atoms with Gasteiger partial charge < -0.3 is 10.6 Å². The monoisotopic (exact) mass is 420 g/mol. The van der Waals surface area contributed by atoms with Crippen molar-refractivity contribution in [2.45, 2.75) is 57.5 Å². The Morgan fingerprint density at radius 2 is 1.77 bits per heavy atom. The minimum absolute atomic E-state index is 0.0723. The molecule has 6 nitrogen and oxygen atoms in total. The van der Waals surface area contributed by atoms with Crippen LogP contribution < -0.4 is 10.6 Å². The smallest absolute Gasteiger partial charge is 0.251 e. The molecule has 1 saturated heterocycles. The van der Waals surface area contributed by atoms with Gasteiger partial charge in [0.25, 0.3) is 5.91 Å². The number of piperidine rings is 1. The summed E-state index contributed by atoms with van der Waals surface area (Å²) in [4.78, 5) is 32.1. The average Bonchev–Trinajstić information content (AvgIpc) is 2.82. The van der Waals surface area contributed by atoms with Crippen LogP contribution in [0.1, 0.15) is 61.0 Å². The summed E-state index contributed by atoms with van der Waals surface area (Å²) in [6.45, 7) is 2.74. The first-order chi connectivity index (χ1) is 15.2. The third-order valence-electron chi connectivity index (χ3n) is 6.40. The molecular formula is C25H32N4O2. The summed E-state index contributed by atoms with van der Waals surface area (Å²) in [6.07, 6.45) is 9.08. The molecule has 2 aliphatic rings. The third kappa shape index (κ3) is 6.14. The van der Waals surface area contributed by atoms with E-state index in [4.69, 9.17) is 0 Å². The van der Waals surface area contributed by atoms with Crippen molar-refractivity contribution in [3.8, 4) is 0 Å². The van der Waals surface area contributed by atoms with Crippen LogP contribution in [0.4, 0.5) is 5.69 Å². The highest BCUT2D eigenvalue weighted by Crippen LogP contribution is 2.25. The van der Waals surface area contributed by atoms with E-state index in [0.29, 0.717) is 11.3 Å². The van der Waals surface area contributed by atoms with Gasteiger partial charge in [-0.2, -0.15) is 0 Å². The van der Waals surface area contributed by atoms with E-state index in [1.54, 1.807) is 6.07 Å². The lowest BCUT2D eigenvalue weighted by Crippen LogP contribution is -2.44. The molecule has 1 aliphatic heterocycles. The maximum absolute atomic E-state index is 12.8. The standard InChI is InChI=1S/C25H32N4O2/c30-24(19-7-2-1-3-8-19)28-22-11-6-9-20(17-22)25(31)27-21-12-15-29(16-13-21)18-23-10-4-5-14-26-23/h4-6,9-11,14,17,19,21H,1-3,7-8,12-13,15-16,18H2,(H,27,31)(H,28,30). The summed E-state index contributed by atoms with van der Waals surface area (Å²) in [7, 11) is 0. The zero-order valence-electron chi connectivity index (χ0n) is 18.1. The quantitative estimate of drug-likeness (QED) is 0.741. The van der Waals surface area contributed by atoms with Crippen LogP contribution in [-0.4, -0.2) is 40.8 Å². The van der Waals surface area contributed by atoms with Crippen LogP contribution >= 0.6 is 0 Å². The fraction of sp³-hybridized carbons (Fsp3) is 0.480. The molecule has 0 atom stereocenters. The Kier molecular flexibility index (Phi) is 7.30. The number of carbonyl (C=O) groups is 2. The molecule has 2 amide bonds. The number of amides is 2. The van der Waals surface area contributed by atoms with E-state index in [2.05, 4.69) is 20.5 Å². The minimum Gasteiger partial charge on any atom is -0.349 e. The molecule has 2 fully saturated rings. The first-order valence-corrected chi connectivity index (χ1v) is 11.5. The lowest BCUT2D eigenvalue weighted by atomic mass is 9.88. The van der Waals surface area contributed by atoms with Crippen LogP contribution in [0.3, 0.4) is 0 Å². The largest absolute Gasteiger partial charge is 0.349 e. The van der Waals surface area contributed by atoms with E-state index in [1.165, 1.54) is 6.42 Å². The molecule has 0 radical (unpaired) electrons. The fourth-order valence-corrected chi connectivity index (χ4v) is 4.57. The molecule has 6 heteroatoms. The summed E-state index contributed by atoms with van der Waals surface area (Å²) in [6, 6.07) is 13.5. The summed E-state index contributed by atoms with van der Waals surface area (Å²) >= 11 is 0. The molecule has 4 rings (SSSR count). The van der Waals surface area contributed by atoms with Gasteiger partial charge >= 0.3 is 0 Å². The van der Waals surface area contributed by atoms with E-state index < -0.39 is 0 Å². The Hall–Kier alpha value is -2.73. The molecule has 164 valence electrons. The predicted molar refractivity (Wildman–Crippen MR) is 122 cm³/mol. The van der Waals surface area contributed by atoms with Crippen LogP contribution in [0.5, 0.6) is 0 Å². The SMILES string of the molecule is O=C(NC1CCN(Cc2ccccn2)CC1)c1cccc(NC(=O)C2CCCCC2)c1. The summed E-state index contributed by atoms with van der Waals surface area (Å²) < 4.78 is 0. The first-order valence-electron chi connectivity index (χ1n) is 11.5. The maximum Gasteiger partial charge on any atom is 0.251 e. The molecule has 1 aliphatic carbocycles. The molecule has 0 spiro atoms. The molecule has 0 bridgehead atoms. The second-order valence-corrected chi connectivity index (χ2v) is 8.75. The van der Waals surface area contributed by atoms with Crippen molar-refractivity contribution in [2.75, 3.05) is 18.4 Å². The minimum atomic E-state index is -0.0723. The van der Waals surface area contributed by atoms with Crippen molar-refractivity contribution in [1.82, 2.24) is 15.2 Å². The number of benzene rings is 1. The Bertz CT molecular complexity index is 872. The van der Waals surface area contributed by atoms with Crippen LogP contribution in [0, 0.1) is 5.92 Å². The topological polar surface area (TPSA) is 74.3 Å². The molecule has 0 unspecified atom stereocenters. The van der Waals surface area contributed by atoms with Crippen molar-refractivity contribution in [1.29, 1.82) is 0 Å². The number of nitrogens with zero attached hydrogens (tertiary/aromatic N) is 2. The van der Waals surface area contributed by atoms with Gasteiger partial charge in [-0.25, -0.2) is 0 Å². The van der Waals surface area contributed by atoms with Crippen molar-refractivity contribution in [3.63, 3.8) is 0 Å². The molecular weight excluding hydrogens is 388 g/mol. The molecule has 1 aromatic carbocycles. The van der Waals surface area contributed by atoms with Gasteiger partial charge in [0.1, 0.15) is 0 Å². The van der Waals surface area contributed by atoms with Gasteiger partial charge in [0.2, 0.25) is 5.91 Å². The van der Waals surface area contributed by atoms with E-state index in [1.807, 2.05) is 42.6 Å². The second-order valence-electron chi connectivity index (χ2n) is 8.75. The molecule has 2 heterocycles. The number of likely N-dealkylation sites (tertiary alicyclic amines) is 1. The summed E-state index contributed by atoms with van der Waals surface area (Å²) in [5.74, 6) is 0.108. The fourth-order valence-electron chi connectivity index (χ4n) is 4.57. The van der Waals surface area contributed by atoms with E-state index in [9.17, 15) is 9.59 Å². The van der Waals surface area contributed by atoms with Crippen molar-refractivity contribution >= 4 is 17.5 Å².